The minimum Gasteiger partial charge on any atom is -0.352 e. The zero-order valence-electron chi connectivity index (χ0n) is 24.9. The van der Waals surface area contributed by atoms with Crippen LogP contribution in [0.15, 0.2) is 71.6 Å². The SMILES string of the molecule is CC[C@H](C)NC(=O)[C@@H](C)N(Cc1c(Cl)cccc1Cl)C(=O)CN(c1ccc(C(C)C)cc1)S(=O)(=O)c1ccc(C)cc1. The lowest BCUT2D eigenvalue weighted by atomic mass is 10.0. The molecule has 0 heterocycles. The average Bonchev–Trinajstić information content (AvgIpc) is 2.95. The Hall–Kier alpha value is -3.07. The lowest BCUT2D eigenvalue weighted by molar-refractivity contribution is -0.139. The number of nitrogens with one attached hydrogen (secondary N) is 1. The summed E-state index contributed by atoms with van der Waals surface area (Å²) in [6.45, 7) is 10.8. The number of rotatable bonds is 12. The Balaban J connectivity index is 2.08. The fourth-order valence-corrected chi connectivity index (χ4v) is 6.22. The van der Waals surface area contributed by atoms with Crippen LogP contribution in [0, 0.1) is 6.92 Å². The molecule has 2 atom stereocenters. The molecule has 0 fully saturated rings. The highest BCUT2D eigenvalue weighted by atomic mass is 35.5. The highest BCUT2D eigenvalue weighted by Crippen LogP contribution is 2.29. The second-order valence-corrected chi connectivity index (χ2v) is 13.5. The maximum absolute atomic E-state index is 14.1. The summed E-state index contributed by atoms with van der Waals surface area (Å²) in [6.07, 6.45) is 0.706. The number of halogens is 2. The number of hydrogen-bond acceptors (Lipinski definition) is 4. The predicted molar refractivity (Wildman–Crippen MR) is 171 cm³/mol. The van der Waals surface area contributed by atoms with Crippen molar-refractivity contribution < 1.29 is 18.0 Å². The van der Waals surface area contributed by atoms with E-state index in [1.54, 1.807) is 49.4 Å². The molecule has 10 heteroatoms. The maximum atomic E-state index is 14.1. The third kappa shape index (κ3) is 8.06. The molecule has 3 aromatic carbocycles. The Morgan fingerprint density at radius 3 is 1.98 bits per heavy atom. The van der Waals surface area contributed by atoms with Crippen molar-refractivity contribution in [2.45, 2.75) is 77.4 Å². The van der Waals surface area contributed by atoms with Crippen molar-refractivity contribution in [1.82, 2.24) is 10.2 Å². The van der Waals surface area contributed by atoms with Gasteiger partial charge in [0.2, 0.25) is 11.8 Å². The molecule has 0 unspecified atom stereocenters. The third-order valence-electron chi connectivity index (χ3n) is 7.29. The number of sulfonamides is 1. The van der Waals surface area contributed by atoms with Gasteiger partial charge in [-0.1, -0.05) is 79.9 Å². The third-order valence-corrected chi connectivity index (χ3v) is 9.79. The molecule has 0 radical (unpaired) electrons. The van der Waals surface area contributed by atoms with Crippen molar-refractivity contribution in [2.24, 2.45) is 0 Å². The van der Waals surface area contributed by atoms with Crippen LogP contribution in [0.1, 0.15) is 63.6 Å². The largest absolute Gasteiger partial charge is 0.352 e. The molecule has 0 aliphatic rings. The Morgan fingerprint density at radius 2 is 1.45 bits per heavy atom. The van der Waals surface area contributed by atoms with Gasteiger partial charge in [-0.3, -0.25) is 13.9 Å². The van der Waals surface area contributed by atoms with E-state index in [0.29, 0.717) is 27.7 Å². The van der Waals surface area contributed by atoms with Gasteiger partial charge in [0.1, 0.15) is 12.6 Å². The van der Waals surface area contributed by atoms with E-state index >= 15 is 0 Å². The molecule has 0 saturated carbocycles. The van der Waals surface area contributed by atoms with Gasteiger partial charge in [-0.2, -0.15) is 0 Å². The van der Waals surface area contributed by atoms with E-state index < -0.39 is 28.5 Å². The molecule has 226 valence electrons. The summed E-state index contributed by atoms with van der Waals surface area (Å²) < 4.78 is 29.1. The fraction of sp³-hybridized carbons (Fsp3) is 0.375. The summed E-state index contributed by atoms with van der Waals surface area (Å²) in [7, 11) is -4.16. The minimum atomic E-state index is -4.16. The van der Waals surface area contributed by atoms with E-state index in [1.807, 2.05) is 46.8 Å². The van der Waals surface area contributed by atoms with E-state index in [9.17, 15) is 18.0 Å². The second-order valence-electron chi connectivity index (χ2n) is 10.8. The van der Waals surface area contributed by atoms with Crippen molar-refractivity contribution in [2.75, 3.05) is 10.8 Å². The van der Waals surface area contributed by atoms with Gasteiger partial charge in [0.15, 0.2) is 0 Å². The lowest BCUT2D eigenvalue weighted by Gasteiger charge is -2.33. The smallest absolute Gasteiger partial charge is 0.264 e. The van der Waals surface area contributed by atoms with E-state index in [1.165, 1.54) is 17.0 Å². The van der Waals surface area contributed by atoms with Gasteiger partial charge in [0.25, 0.3) is 10.0 Å². The first-order valence-corrected chi connectivity index (χ1v) is 16.2. The van der Waals surface area contributed by atoms with Crippen molar-refractivity contribution in [1.29, 1.82) is 0 Å². The standard InChI is InChI=1S/C32H39Cl2N3O4S/c1-7-23(5)35-32(39)24(6)36(19-28-29(33)9-8-10-30(28)34)31(38)20-37(26-15-13-25(14-16-26)21(2)3)42(40,41)27-17-11-22(4)12-18-27/h8-18,21,23-24H,7,19-20H2,1-6H3,(H,35,39)/t23-,24+/m0/s1. The summed E-state index contributed by atoms with van der Waals surface area (Å²) in [5.41, 5.74) is 2.73. The highest BCUT2D eigenvalue weighted by molar-refractivity contribution is 7.92. The molecule has 0 bridgehead atoms. The average molecular weight is 633 g/mol. The van der Waals surface area contributed by atoms with Crippen molar-refractivity contribution in [3.63, 3.8) is 0 Å². The van der Waals surface area contributed by atoms with Gasteiger partial charge in [-0.05, 0) is 75.1 Å². The van der Waals surface area contributed by atoms with Gasteiger partial charge in [-0.25, -0.2) is 8.42 Å². The number of nitrogens with zero attached hydrogens (tertiary/aromatic N) is 2. The molecule has 0 spiro atoms. The summed E-state index contributed by atoms with van der Waals surface area (Å²) in [5, 5.41) is 3.58. The monoisotopic (exact) mass is 631 g/mol. The van der Waals surface area contributed by atoms with Crippen LogP contribution >= 0.6 is 23.2 Å². The molecule has 0 saturated heterocycles. The van der Waals surface area contributed by atoms with Crippen LogP contribution < -0.4 is 9.62 Å². The van der Waals surface area contributed by atoms with Gasteiger partial charge < -0.3 is 10.2 Å². The zero-order chi connectivity index (χ0) is 31.2. The number of benzene rings is 3. The summed E-state index contributed by atoms with van der Waals surface area (Å²) >= 11 is 12.9. The number of aryl methyl sites for hydroxylation is 1. The van der Waals surface area contributed by atoms with Crippen LogP contribution in [0.5, 0.6) is 0 Å². The molecule has 3 rings (SSSR count). The first-order chi connectivity index (χ1) is 19.8. The molecule has 7 nitrogen and oxygen atoms in total. The van der Waals surface area contributed by atoms with Gasteiger partial charge in [0, 0.05) is 28.2 Å². The lowest BCUT2D eigenvalue weighted by Crippen LogP contribution is -2.52. The molecule has 1 N–H and O–H groups in total. The number of hydrogen-bond donors (Lipinski definition) is 1. The molecular weight excluding hydrogens is 593 g/mol. The van der Waals surface area contributed by atoms with E-state index in [0.717, 1.165) is 15.4 Å². The van der Waals surface area contributed by atoms with Crippen LogP contribution in [0.25, 0.3) is 0 Å². The van der Waals surface area contributed by atoms with Crippen molar-refractivity contribution in [3.05, 3.63) is 93.5 Å². The van der Waals surface area contributed by atoms with Crippen molar-refractivity contribution in [3.8, 4) is 0 Å². The van der Waals surface area contributed by atoms with Crippen LogP contribution in [-0.2, 0) is 26.2 Å². The Kier molecular flexibility index (Phi) is 11.5. The zero-order valence-corrected chi connectivity index (χ0v) is 27.2. The number of carbonyl (C=O) groups excluding carboxylic acids is 2. The van der Waals surface area contributed by atoms with E-state index in [-0.39, 0.29) is 29.3 Å². The molecule has 2 amide bonds. The summed E-state index contributed by atoms with van der Waals surface area (Å²) in [5.74, 6) is -0.708. The highest BCUT2D eigenvalue weighted by Gasteiger charge is 2.33. The Labute approximate surface area is 259 Å². The van der Waals surface area contributed by atoms with Crippen LogP contribution in [0.2, 0.25) is 10.0 Å². The molecule has 0 aliphatic carbocycles. The van der Waals surface area contributed by atoms with Gasteiger partial charge in [-0.15, -0.1) is 0 Å². The van der Waals surface area contributed by atoms with E-state index in [4.69, 9.17) is 23.2 Å². The first-order valence-electron chi connectivity index (χ1n) is 14.0. The molecule has 0 aromatic heterocycles. The van der Waals surface area contributed by atoms with Gasteiger partial charge >= 0.3 is 0 Å². The number of carbonyl (C=O) groups is 2. The van der Waals surface area contributed by atoms with E-state index in [2.05, 4.69) is 5.32 Å². The Morgan fingerprint density at radius 1 is 0.881 bits per heavy atom. The van der Waals surface area contributed by atoms with Gasteiger partial charge in [0.05, 0.1) is 10.6 Å². The second kappa shape index (κ2) is 14.4. The quantitative estimate of drug-likeness (QED) is 0.234. The fourth-order valence-electron chi connectivity index (χ4n) is 4.29. The first kappa shape index (κ1) is 33.4. The Bertz CT molecular complexity index is 1470. The molecule has 42 heavy (non-hydrogen) atoms. The number of amides is 2. The molecular formula is C32H39Cl2N3O4S. The van der Waals surface area contributed by atoms with Crippen molar-refractivity contribution >= 4 is 50.7 Å². The summed E-state index contributed by atoms with van der Waals surface area (Å²) in [6, 6.07) is 17.5. The molecule has 3 aromatic rings. The number of anilines is 1. The minimum absolute atomic E-state index is 0.0529. The maximum Gasteiger partial charge on any atom is 0.264 e. The molecule has 0 aliphatic heterocycles. The van der Waals surface area contributed by atoms with Crippen LogP contribution in [0.3, 0.4) is 0 Å². The topological polar surface area (TPSA) is 86.8 Å². The van der Waals surface area contributed by atoms with Crippen LogP contribution in [0.4, 0.5) is 5.69 Å². The normalized spacial score (nSPS) is 13.0. The van der Waals surface area contributed by atoms with Crippen LogP contribution in [-0.4, -0.2) is 43.8 Å². The summed E-state index contributed by atoms with van der Waals surface area (Å²) in [4.78, 5) is 28.7. The predicted octanol–water partition coefficient (Wildman–Crippen LogP) is 6.95.